The first kappa shape index (κ1) is 16.0. The lowest BCUT2D eigenvalue weighted by molar-refractivity contribution is -0.161. The Morgan fingerprint density at radius 3 is 2.50 bits per heavy atom. The largest absolute Gasteiger partial charge is 0.478 e. The summed E-state index contributed by atoms with van der Waals surface area (Å²) >= 11 is 0. The van der Waals surface area contributed by atoms with E-state index in [0.29, 0.717) is 12.0 Å². The van der Waals surface area contributed by atoms with Crippen LogP contribution in [0.4, 0.5) is 4.79 Å². The predicted molar refractivity (Wildman–Crippen MR) is 72.1 cm³/mol. The highest BCUT2D eigenvalue weighted by atomic mass is 16.6. The van der Waals surface area contributed by atoms with Gasteiger partial charge in [-0.2, -0.15) is 0 Å². The first-order valence-electron chi connectivity index (χ1n) is 6.42. The number of hydrogen-bond donors (Lipinski definition) is 3. The quantitative estimate of drug-likeness (QED) is 0.520. The monoisotopic (exact) mass is 281 g/mol. The minimum Gasteiger partial charge on any atom is -0.478 e. The molecule has 0 radical (unpaired) electrons. The van der Waals surface area contributed by atoms with Crippen LogP contribution >= 0.6 is 0 Å². The third-order valence-corrected chi connectivity index (χ3v) is 2.70. The highest BCUT2D eigenvalue weighted by Gasteiger charge is 2.38. The number of ether oxygens (including phenoxy) is 1. The highest BCUT2D eigenvalue weighted by Crippen LogP contribution is 2.12. The topological polar surface area (TPSA) is 95.9 Å². The number of carboxylic acids is 1. The Labute approximate surface area is 117 Å². The van der Waals surface area contributed by atoms with E-state index in [0.717, 1.165) is 6.42 Å². The molecular weight excluding hydrogens is 262 g/mol. The Hall–Kier alpha value is -2.08. The van der Waals surface area contributed by atoms with E-state index in [2.05, 4.69) is 0 Å². The Kier molecular flexibility index (Phi) is 5.99. The number of carbonyl (C=O) groups is 2. The summed E-state index contributed by atoms with van der Waals surface area (Å²) in [5.74, 6) is -1.53. The molecule has 1 aromatic carbocycles. The summed E-state index contributed by atoms with van der Waals surface area (Å²) in [6.45, 7) is 2.12. The van der Waals surface area contributed by atoms with E-state index in [1.54, 1.807) is 30.3 Å². The van der Waals surface area contributed by atoms with Crippen molar-refractivity contribution >= 4 is 12.1 Å². The molecule has 3 N–H and O–H groups in total. The number of hydrogen-bond acceptors (Lipinski definition) is 4. The number of unbranched alkanes of at least 4 members (excludes halogenated alkanes) is 1. The molecule has 0 aromatic heterocycles. The van der Waals surface area contributed by atoms with Gasteiger partial charge in [-0.05, 0) is 12.0 Å². The van der Waals surface area contributed by atoms with Gasteiger partial charge >= 0.3 is 12.1 Å². The first-order valence-corrected chi connectivity index (χ1v) is 6.42. The Balaban J connectivity index is 2.67. The summed E-state index contributed by atoms with van der Waals surface area (Å²) in [5, 5.41) is 21.1. The lowest BCUT2D eigenvalue weighted by atomic mass is 10.0. The third kappa shape index (κ3) is 4.89. The summed E-state index contributed by atoms with van der Waals surface area (Å²) < 4.78 is 4.79. The van der Waals surface area contributed by atoms with Crippen LogP contribution in [0.2, 0.25) is 0 Å². The van der Waals surface area contributed by atoms with E-state index in [-0.39, 0.29) is 13.0 Å². The summed E-state index contributed by atoms with van der Waals surface area (Å²) in [7, 11) is 0. The lowest BCUT2D eigenvalue weighted by Crippen LogP contribution is -2.56. The second-order valence-electron chi connectivity index (χ2n) is 4.44. The molecule has 0 saturated carbocycles. The lowest BCUT2D eigenvalue weighted by Gasteiger charge is -2.24. The average Bonchev–Trinajstić information content (AvgIpc) is 2.39. The van der Waals surface area contributed by atoms with Gasteiger partial charge in [0.25, 0.3) is 0 Å². The minimum atomic E-state index is -2.38. The van der Waals surface area contributed by atoms with Crippen molar-refractivity contribution in [2.24, 2.45) is 0 Å². The molecule has 0 aliphatic carbocycles. The third-order valence-electron chi connectivity index (χ3n) is 2.70. The number of rotatable bonds is 7. The zero-order valence-corrected chi connectivity index (χ0v) is 11.3. The molecule has 0 aliphatic heterocycles. The summed E-state index contributed by atoms with van der Waals surface area (Å²) in [4.78, 5) is 22.6. The van der Waals surface area contributed by atoms with Crippen molar-refractivity contribution in [2.45, 2.75) is 31.9 Å². The number of aliphatic carboxylic acids is 1. The van der Waals surface area contributed by atoms with Gasteiger partial charge in [0.15, 0.2) is 0 Å². The molecule has 110 valence electrons. The number of aliphatic hydroxyl groups is 1. The molecule has 0 aliphatic rings. The molecule has 6 heteroatoms. The second kappa shape index (κ2) is 7.49. The van der Waals surface area contributed by atoms with Crippen LogP contribution in [0.3, 0.4) is 0 Å². The van der Waals surface area contributed by atoms with E-state index in [1.807, 2.05) is 12.2 Å². The van der Waals surface area contributed by atoms with Gasteiger partial charge in [0, 0.05) is 6.42 Å². The predicted octanol–water partition coefficient (Wildman–Crippen LogP) is 1.53. The maximum absolute atomic E-state index is 11.5. The number of amides is 1. The van der Waals surface area contributed by atoms with E-state index in [4.69, 9.17) is 9.84 Å². The second-order valence-corrected chi connectivity index (χ2v) is 4.44. The van der Waals surface area contributed by atoms with Gasteiger partial charge in [-0.25, -0.2) is 9.59 Å². The average molecular weight is 281 g/mol. The molecule has 20 heavy (non-hydrogen) atoms. The number of carbonyl (C=O) groups excluding carboxylic acids is 1. The van der Waals surface area contributed by atoms with Gasteiger partial charge in [-0.3, -0.25) is 5.32 Å². The highest BCUT2D eigenvalue weighted by molar-refractivity contribution is 5.82. The molecule has 1 rings (SSSR count). The van der Waals surface area contributed by atoms with Crippen molar-refractivity contribution in [3.63, 3.8) is 0 Å². The van der Waals surface area contributed by atoms with Crippen LogP contribution in [-0.2, 0) is 16.0 Å². The van der Waals surface area contributed by atoms with Crippen molar-refractivity contribution in [1.29, 1.82) is 0 Å². The van der Waals surface area contributed by atoms with Gasteiger partial charge in [0.2, 0.25) is 5.72 Å². The van der Waals surface area contributed by atoms with E-state index < -0.39 is 17.8 Å². The number of benzene rings is 1. The van der Waals surface area contributed by atoms with Crippen LogP contribution in [0.15, 0.2) is 30.3 Å². The standard InChI is InChI=1S/C14H19NO5/c1-2-3-9-20-13(18)15-14(19,12(16)17)10-11-7-5-4-6-8-11/h4-8,19H,2-3,9-10H2,1H3,(H,15,18)(H,16,17). The van der Waals surface area contributed by atoms with Gasteiger partial charge in [0.05, 0.1) is 6.61 Å². The van der Waals surface area contributed by atoms with Crippen LogP contribution in [0.25, 0.3) is 0 Å². The number of nitrogens with one attached hydrogen (secondary N) is 1. The molecule has 1 aromatic rings. The Morgan fingerprint density at radius 1 is 1.30 bits per heavy atom. The maximum Gasteiger partial charge on any atom is 0.409 e. The van der Waals surface area contributed by atoms with Crippen LogP contribution in [0.5, 0.6) is 0 Å². The molecule has 1 amide bonds. The fourth-order valence-electron chi connectivity index (χ4n) is 1.58. The van der Waals surface area contributed by atoms with Crippen LogP contribution in [0, 0.1) is 0 Å². The zero-order valence-electron chi connectivity index (χ0n) is 11.3. The molecular formula is C14H19NO5. The van der Waals surface area contributed by atoms with Crippen molar-refractivity contribution in [1.82, 2.24) is 5.32 Å². The summed E-state index contributed by atoms with van der Waals surface area (Å²) in [6, 6.07) is 8.54. The van der Waals surface area contributed by atoms with Crippen LogP contribution < -0.4 is 5.32 Å². The van der Waals surface area contributed by atoms with Crippen LogP contribution in [0.1, 0.15) is 25.3 Å². The van der Waals surface area contributed by atoms with Crippen molar-refractivity contribution in [3.05, 3.63) is 35.9 Å². The molecule has 1 unspecified atom stereocenters. The fraction of sp³-hybridized carbons (Fsp3) is 0.429. The Morgan fingerprint density at radius 2 is 1.95 bits per heavy atom. The molecule has 0 saturated heterocycles. The first-order chi connectivity index (χ1) is 9.48. The molecule has 1 atom stereocenters. The van der Waals surface area contributed by atoms with E-state index in [9.17, 15) is 14.7 Å². The normalized spacial score (nSPS) is 13.3. The molecule has 0 bridgehead atoms. The summed E-state index contributed by atoms with van der Waals surface area (Å²) in [6.07, 6.45) is 0.337. The van der Waals surface area contributed by atoms with Gasteiger partial charge < -0.3 is 14.9 Å². The summed E-state index contributed by atoms with van der Waals surface area (Å²) in [5.41, 5.74) is -1.80. The zero-order chi connectivity index (χ0) is 15.0. The maximum atomic E-state index is 11.5. The van der Waals surface area contributed by atoms with Crippen molar-refractivity contribution < 1.29 is 24.5 Å². The van der Waals surface area contributed by atoms with Gasteiger partial charge in [0.1, 0.15) is 0 Å². The van der Waals surface area contributed by atoms with E-state index in [1.165, 1.54) is 0 Å². The smallest absolute Gasteiger partial charge is 0.409 e. The van der Waals surface area contributed by atoms with E-state index >= 15 is 0 Å². The SMILES string of the molecule is CCCCOC(=O)NC(O)(Cc1ccccc1)C(=O)O. The molecule has 0 spiro atoms. The van der Waals surface area contributed by atoms with Gasteiger partial charge in [-0.1, -0.05) is 43.7 Å². The van der Waals surface area contributed by atoms with Gasteiger partial charge in [-0.15, -0.1) is 0 Å². The minimum absolute atomic E-state index is 0.184. The Bertz CT molecular complexity index is 448. The fourth-order valence-corrected chi connectivity index (χ4v) is 1.58. The molecule has 0 fully saturated rings. The van der Waals surface area contributed by atoms with Crippen LogP contribution in [-0.4, -0.2) is 34.6 Å². The van der Waals surface area contributed by atoms with Crippen molar-refractivity contribution in [3.8, 4) is 0 Å². The molecule has 6 nitrogen and oxygen atoms in total. The van der Waals surface area contributed by atoms with Crippen molar-refractivity contribution in [2.75, 3.05) is 6.61 Å². The number of carboxylic acid groups (broad SMARTS) is 1. The molecule has 0 heterocycles. The number of alkyl carbamates (subject to hydrolysis) is 1.